The summed E-state index contributed by atoms with van der Waals surface area (Å²) >= 11 is 6.03. The molecule has 7 heteroatoms. The van der Waals surface area contributed by atoms with Gasteiger partial charge in [-0.2, -0.15) is 0 Å². The Hall–Kier alpha value is -2.44. The van der Waals surface area contributed by atoms with Gasteiger partial charge < -0.3 is 9.80 Å². The summed E-state index contributed by atoms with van der Waals surface area (Å²) in [5.41, 5.74) is 1.14. The van der Waals surface area contributed by atoms with E-state index in [-0.39, 0.29) is 17.4 Å². The number of anilines is 1. The lowest BCUT2D eigenvalue weighted by atomic mass is 9.92. The van der Waals surface area contributed by atoms with E-state index in [1.54, 1.807) is 41.6 Å². The van der Waals surface area contributed by atoms with Crippen LogP contribution in [0.3, 0.4) is 0 Å². The van der Waals surface area contributed by atoms with Gasteiger partial charge in [0, 0.05) is 36.4 Å². The van der Waals surface area contributed by atoms with E-state index in [9.17, 15) is 9.59 Å². The highest BCUT2D eigenvalue weighted by molar-refractivity contribution is 6.30. The molecule has 0 N–H and O–H groups in total. The summed E-state index contributed by atoms with van der Waals surface area (Å²) in [6, 6.07) is 10.8. The van der Waals surface area contributed by atoms with E-state index < -0.39 is 0 Å². The molecule has 1 aromatic carbocycles. The average molecular weight is 385 g/mol. The maximum atomic E-state index is 12.9. The van der Waals surface area contributed by atoms with E-state index in [1.165, 1.54) is 0 Å². The second-order valence-electron chi connectivity index (χ2n) is 7.26. The van der Waals surface area contributed by atoms with E-state index in [0.717, 1.165) is 12.1 Å². The highest BCUT2D eigenvalue weighted by atomic mass is 35.5. The first kappa shape index (κ1) is 17.9. The van der Waals surface area contributed by atoms with Crippen LogP contribution in [0.15, 0.2) is 48.8 Å². The Morgan fingerprint density at radius 1 is 1.22 bits per heavy atom. The van der Waals surface area contributed by atoms with Gasteiger partial charge in [0.1, 0.15) is 0 Å². The monoisotopic (exact) mass is 384 g/mol. The van der Waals surface area contributed by atoms with Gasteiger partial charge >= 0.3 is 0 Å². The van der Waals surface area contributed by atoms with Gasteiger partial charge in [-0.25, -0.2) is 0 Å². The Morgan fingerprint density at radius 3 is 2.81 bits per heavy atom. The molecule has 2 amide bonds. The minimum atomic E-state index is -0.252. The van der Waals surface area contributed by atoms with Gasteiger partial charge in [-0.3, -0.25) is 19.5 Å². The fourth-order valence-corrected chi connectivity index (χ4v) is 4.17. The number of nitrogens with zero attached hydrogens (tertiary/aromatic N) is 4. The summed E-state index contributed by atoms with van der Waals surface area (Å²) < 4.78 is 0. The maximum Gasteiger partial charge on any atom is 0.253 e. The fraction of sp³-hybridized carbons (Fsp3) is 0.350. The minimum absolute atomic E-state index is 0.0207. The molecule has 0 bridgehead atoms. The summed E-state index contributed by atoms with van der Waals surface area (Å²) in [6.07, 6.45) is 4.22. The first-order valence-electron chi connectivity index (χ1n) is 8.95. The molecule has 2 aliphatic rings. The van der Waals surface area contributed by atoms with Crippen molar-refractivity contribution in [3.63, 3.8) is 0 Å². The maximum absolute atomic E-state index is 12.9. The number of piperazine rings is 1. The number of aromatic nitrogens is 1. The molecule has 1 spiro atoms. The molecule has 2 fully saturated rings. The Balaban J connectivity index is 1.56. The quantitative estimate of drug-likeness (QED) is 0.797. The number of rotatable bonds is 2. The van der Waals surface area contributed by atoms with Crippen LogP contribution < -0.4 is 4.90 Å². The lowest BCUT2D eigenvalue weighted by molar-refractivity contribution is -0.123. The summed E-state index contributed by atoms with van der Waals surface area (Å²) in [7, 11) is 1.96. The van der Waals surface area contributed by atoms with Gasteiger partial charge in [0.25, 0.3) is 5.91 Å². The normalized spacial score (nSPS) is 23.3. The molecule has 2 aliphatic heterocycles. The molecular formula is C20H21ClN4O2. The van der Waals surface area contributed by atoms with Gasteiger partial charge in [0.2, 0.25) is 5.91 Å². The number of benzene rings is 1. The number of carbonyl (C=O) groups is 2. The molecule has 27 heavy (non-hydrogen) atoms. The molecule has 0 saturated carbocycles. The minimum Gasteiger partial charge on any atom is -0.337 e. The van der Waals surface area contributed by atoms with Crippen molar-refractivity contribution in [3.05, 3.63) is 59.4 Å². The molecule has 0 aliphatic carbocycles. The molecule has 2 aromatic rings. The molecule has 1 aromatic heterocycles. The first-order chi connectivity index (χ1) is 13.0. The zero-order valence-electron chi connectivity index (χ0n) is 15.1. The molecule has 0 radical (unpaired) electrons. The van der Waals surface area contributed by atoms with Crippen LogP contribution in [0.2, 0.25) is 5.02 Å². The summed E-state index contributed by atoms with van der Waals surface area (Å²) in [5, 5.41) is 0.554. The van der Waals surface area contributed by atoms with Crippen LogP contribution >= 0.6 is 11.6 Å². The number of pyridine rings is 1. The third-order valence-electron chi connectivity index (χ3n) is 5.58. The Kier molecular flexibility index (Phi) is 4.61. The second kappa shape index (κ2) is 6.94. The Labute approximate surface area is 163 Å². The lowest BCUT2D eigenvalue weighted by Gasteiger charge is -2.46. The molecule has 2 saturated heterocycles. The van der Waals surface area contributed by atoms with Gasteiger partial charge in [-0.1, -0.05) is 17.7 Å². The number of hydrogen-bond acceptors (Lipinski definition) is 4. The topological polar surface area (TPSA) is 56.8 Å². The summed E-state index contributed by atoms with van der Waals surface area (Å²) in [5.74, 6) is 0.0309. The molecule has 1 unspecified atom stereocenters. The highest BCUT2D eigenvalue weighted by Crippen LogP contribution is 2.34. The van der Waals surface area contributed by atoms with E-state index in [4.69, 9.17) is 11.6 Å². The van der Waals surface area contributed by atoms with Crippen molar-refractivity contribution < 1.29 is 9.59 Å². The van der Waals surface area contributed by atoms with E-state index in [1.807, 2.05) is 24.1 Å². The standard InChI is InChI=1S/C20H21ClN4O2/c1-23-12-18(26)25(17-6-3-8-22-11-17)14-20(23)7-9-24(13-20)19(27)15-4-2-5-16(21)10-15/h2-6,8,10-11H,7,9,12-14H2,1H3. The van der Waals surface area contributed by atoms with E-state index in [2.05, 4.69) is 9.88 Å². The average Bonchev–Trinajstić information content (AvgIpc) is 3.10. The van der Waals surface area contributed by atoms with Gasteiger partial charge in [-0.05, 0) is 43.8 Å². The van der Waals surface area contributed by atoms with Crippen molar-refractivity contribution >= 4 is 29.1 Å². The van der Waals surface area contributed by atoms with E-state index in [0.29, 0.717) is 36.8 Å². The van der Waals surface area contributed by atoms with E-state index >= 15 is 0 Å². The molecule has 4 rings (SSSR count). The molecule has 6 nitrogen and oxygen atoms in total. The lowest BCUT2D eigenvalue weighted by Crippen LogP contribution is -2.64. The van der Waals surface area contributed by atoms with Crippen molar-refractivity contribution in [2.24, 2.45) is 0 Å². The van der Waals surface area contributed by atoms with Crippen LogP contribution in [0.1, 0.15) is 16.8 Å². The third-order valence-corrected chi connectivity index (χ3v) is 5.82. The Bertz CT molecular complexity index is 875. The van der Waals surface area contributed by atoms with Crippen LogP contribution in [0, 0.1) is 0 Å². The number of carbonyl (C=O) groups excluding carboxylic acids is 2. The second-order valence-corrected chi connectivity index (χ2v) is 7.70. The van der Waals surface area contributed by atoms with Crippen molar-refractivity contribution in [3.8, 4) is 0 Å². The Morgan fingerprint density at radius 2 is 2.07 bits per heavy atom. The summed E-state index contributed by atoms with van der Waals surface area (Å²) in [4.78, 5) is 35.4. The zero-order valence-corrected chi connectivity index (χ0v) is 15.9. The number of amides is 2. The molecular weight excluding hydrogens is 364 g/mol. The largest absolute Gasteiger partial charge is 0.337 e. The first-order valence-corrected chi connectivity index (χ1v) is 9.33. The molecule has 1 atom stereocenters. The number of likely N-dealkylation sites (tertiary alicyclic amines) is 1. The smallest absolute Gasteiger partial charge is 0.253 e. The number of likely N-dealkylation sites (N-methyl/N-ethyl adjacent to an activating group) is 1. The third kappa shape index (κ3) is 3.31. The predicted octanol–water partition coefficient (Wildman–Crippen LogP) is 2.30. The summed E-state index contributed by atoms with van der Waals surface area (Å²) in [6.45, 7) is 2.12. The highest BCUT2D eigenvalue weighted by Gasteiger charge is 2.48. The van der Waals surface area contributed by atoms with Crippen molar-refractivity contribution in [2.45, 2.75) is 12.0 Å². The molecule has 3 heterocycles. The number of halogens is 1. The van der Waals surface area contributed by atoms with Crippen molar-refractivity contribution in [1.82, 2.24) is 14.8 Å². The van der Waals surface area contributed by atoms with Crippen LogP contribution in [0.5, 0.6) is 0 Å². The van der Waals surface area contributed by atoms with Gasteiger partial charge in [0.05, 0.1) is 24.0 Å². The SMILES string of the molecule is CN1CC(=O)N(c2cccnc2)CC12CCN(C(=O)c1cccc(Cl)c1)C2. The van der Waals surface area contributed by atoms with Crippen molar-refractivity contribution in [1.29, 1.82) is 0 Å². The van der Waals surface area contributed by atoms with Crippen molar-refractivity contribution in [2.75, 3.05) is 38.1 Å². The van der Waals surface area contributed by atoms with Crippen LogP contribution in [-0.2, 0) is 4.79 Å². The van der Waals surface area contributed by atoms with Gasteiger partial charge in [-0.15, -0.1) is 0 Å². The number of hydrogen-bond donors (Lipinski definition) is 0. The molecule has 140 valence electrons. The fourth-order valence-electron chi connectivity index (χ4n) is 3.98. The van der Waals surface area contributed by atoms with Gasteiger partial charge in [0.15, 0.2) is 0 Å². The zero-order chi connectivity index (χ0) is 19.0. The van der Waals surface area contributed by atoms with Crippen LogP contribution in [-0.4, -0.2) is 65.4 Å². The van der Waals surface area contributed by atoms with Crippen LogP contribution in [0.4, 0.5) is 5.69 Å². The predicted molar refractivity (Wildman–Crippen MR) is 104 cm³/mol. The van der Waals surface area contributed by atoms with Crippen LogP contribution in [0.25, 0.3) is 0 Å².